The molecule has 0 heterocycles. The van der Waals surface area contributed by atoms with Crippen LogP contribution in [0.5, 0.6) is 0 Å². The summed E-state index contributed by atoms with van der Waals surface area (Å²) in [5.41, 5.74) is 0. The van der Waals surface area contributed by atoms with Crippen molar-refractivity contribution in [2.75, 3.05) is 40.5 Å². The van der Waals surface area contributed by atoms with Gasteiger partial charge in [0, 0.05) is 19.6 Å². The van der Waals surface area contributed by atoms with Crippen LogP contribution < -0.4 is 0 Å². The third kappa shape index (κ3) is 29.9. The van der Waals surface area contributed by atoms with Gasteiger partial charge in [-0.2, -0.15) is 0 Å². The first-order valence-electron chi connectivity index (χ1n) is 8.90. The number of hydrogen-bond acceptors (Lipinski definition) is 5. The van der Waals surface area contributed by atoms with Crippen LogP contribution in [0.3, 0.4) is 0 Å². The van der Waals surface area contributed by atoms with Gasteiger partial charge in [-0.3, -0.25) is 4.79 Å². The van der Waals surface area contributed by atoms with E-state index in [1.807, 2.05) is 6.92 Å². The second-order valence-corrected chi connectivity index (χ2v) is 5.65. The molecule has 0 amide bonds. The second-order valence-electron chi connectivity index (χ2n) is 5.65. The van der Waals surface area contributed by atoms with Crippen LogP contribution in [-0.2, 0) is 9.53 Å². The van der Waals surface area contributed by atoms with Gasteiger partial charge in [0.25, 0.3) is 0 Å². The average Bonchev–Trinajstić information content (AvgIpc) is 2.54. The Kier molecular flexibility index (Phi) is 27.9. The second kappa shape index (κ2) is 23.6. The minimum Gasteiger partial charge on any atom is -0.469 e. The molecule has 0 aliphatic carbocycles. The third-order valence-electron chi connectivity index (χ3n) is 3.37. The maximum absolute atomic E-state index is 10.6. The van der Waals surface area contributed by atoms with Crippen LogP contribution in [0.1, 0.15) is 66.2 Å². The van der Waals surface area contributed by atoms with Gasteiger partial charge >= 0.3 is 5.97 Å². The predicted molar refractivity (Wildman–Crippen MR) is 97.6 cm³/mol. The van der Waals surface area contributed by atoms with Crippen LogP contribution in [0.4, 0.5) is 0 Å². The van der Waals surface area contributed by atoms with Crippen molar-refractivity contribution in [3.8, 4) is 0 Å². The Labute approximate surface area is 144 Å². The molecule has 0 aromatic rings. The molecule has 0 aliphatic heterocycles. The quantitative estimate of drug-likeness (QED) is 0.474. The summed E-state index contributed by atoms with van der Waals surface area (Å²) >= 11 is 0. The maximum atomic E-state index is 10.6. The number of carbonyl (C=O) groups is 1. The van der Waals surface area contributed by atoms with Crippen LogP contribution in [0.2, 0.25) is 0 Å². The molecule has 0 fully saturated rings. The fourth-order valence-corrected chi connectivity index (χ4v) is 1.62. The molecule has 0 bridgehead atoms. The molecule has 0 spiro atoms. The molecular weight excluding hydrogens is 294 g/mol. The topological polar surface area (TPSA) is 70.0 Å². The van der Waals surface area contributed by atoms with Crippen molar-refractivity contribution >= 4 is 5.97 Å². The highest BCUT2D eigenvalue weighted by Gasteiger charge is 2.05. The van der Waals surface area contributed by atoms with Crippen molar-refractivity contribution in [2.45, 2.75) is 66.2 Å². The number of nitrogens with zero attached hydrogens (tertiary/aromatic N) is 1. The highest BCUT2D eigenvalue weighted by molar-refractivity contribution is 5.69. The molecule has 1 atom stereocenters. The summed E-state index contributed by atoms with van der Waals surface area (Å²) in [4.78, 5) is 13.0. The lowest BCUT2D eigenvalue weighted by atomic mass is 10.0. The van der Waals surface area contributed by atoms with E-state index in [-0.39, 0.29) is 19.2 Å². The van der Waals surface area contributed by atoms with Crippen LogP contribution in [0.25, 0.3) is 0 Å². The number of carbonyl (C=O) groups excluding carboxylic acids is 1. The summed E-state index contributed by atoms with van der Waals surface area (Å²) in [7, 11) is 3.56. The summed E-state index contributed by atoms with van der Waals surface area (Å²) in [6, 6.07) is 0. The Hall–Kier alpha value is -0.650. The van der Waals surface area contributed by atoms with Crippen LogP contribution in [0, 0.1) is 5.92 Å². The molecule has 0 saturated heterocycles. The molecule has 1 unspecified atom stereocenters. The molecule has 0 rings (SSSR count). The normalized spacial score (nSPS) is 11.0. The fourth-order valence-electron chi connectivity index (χ4n) is 1.62. The number of hydrogen-bond donors (Lipinski definition) is 2. The third-order valence-corrected chi connectivity index (χ3v) is 3.37. The monoisotopic (exact) mass is 335 g/mol. The van der Waals surface area contributed by atoms with E-state index in [1.54, 1.807) is 6.92 Å². The van der Waals surface area contributed by atoms with Crippen LogP contribution in [-0.4, -0.2) is 61.5 Å². The number of aliphatic hydroxyl groups excluding tert-OH is 2. The number of aliphatic hydroxyl groups is 2. The highest BCUT2D eigenvalue weighted by atomic mass is 16.5. The first-order chi connectivity index (χ1) is 10.9. The summed E-state index contributed by atoms with van der Waals surface area (Å²) in [6.07, 6.45) is 6.09. The van der Waals surface area contributed by atoms with Crippen molar-refractivity contribution in [1.82, 2.24) is 4.90 Å². The highest BCUT2D eigenvalue weighted by Crippen LogP contribution is 2.09. The molecule has 2 N–H and O–H groups in total. The smallest absolute Gasteiger partial charge is 0.305 e. The molecule has 0 saturated carbocycles. The van der Waals surface area contributed by atoms with E-state index in [0.717, 1.165) is 12.8 Å². The van der Waals surface area contributed by atoms with E-state index in [9.17, 15) is 4.79 Å². The molecule has 0 aliphatic rings. The fraction of sp³-hybridized carbons (Fsp3) is 0.944. The molecule has 0 radical (unpaired) electrons. The number of ether oxygens (including phenoxy) is 1. The van der Waals surface area contributed by atoms with Crippen molar-refractivity contribution in [2.24, 2.45) is 5.92 Å². The van der Waals surface area contributed by atoms with Crippen molar-refractivity contribution in [3.63, 3.8) is 0 Å². The van der Waals surface area contributed by atoms with Crippen molar-refractivity contribution in [1.29, 1.82) is 0 Å². The predicted octanol–water partition coefficient (Wildman–Crippen LogP) is 3.09. The van der Waals surface area contributed by atoms with Crippen LogP contribution in [0.15, 0.2) is 0 Å². The first kappa shape index (κ1) is 27.2. The summed E-state index contributed by atoms with van der Waals surface area (Å²) in [5, 5.41) is 16.1. The summed E-state index contributed by atoms with van der Waals surface area (Å²) in [6.45, 7) is 11.0. The lowest BCUT2D eigenvalue weighted by Gasteiger charge is -2.12. The van der Waals surface area contributed by atoms with Crippen LogP contribution >= 0.6 is 0 Å². The lowest BCUT2D eigenvalue weighted by molar-refractivity contribution is -0.140. The number of unbranched alkanes of at least 4 members (excludes halogenated alkanes) is 2. The van der Waals surface area contributed by atoms with Gasteiger partial charge in [0.1, 0.15) is 0 Å². The van der Waals surface area contributed by atoms with Gasteiger partial charge in [-0.25, -0.2) is 0 Å². The molecule has 0 aromatic heterocycles. The average molecular weight is 336 g/mol. The molecule has 5 nitrogen and oxygen atoms in total. The Bertz CT molecular complexity index is 225. The van der Waals surface area contributed by atoms with Gasteiger partial charge in [-0.1, -0.05) is 33.6 Å². The van der Waals surface area contributed by atoms with E-state index in [1.165, 1.54) is 39.5 Å². The van der Waals surface area contributed by atoms with Gasteiger partial charge in [0.15, 0.2) is 0 Å². The van der Waals surface area contributed by atoms with Gasteiger partial charge in [-0.15, -0.1) is 0 Å². The summed E-state index contributed by atoms with van der Waals surface area (Å²) in [5.74, 6) is 0.230. The number of rotatable bonds is 10. The largest absolute Gasteiger partial charge is 0.469 e. The lowest BCUT2D eigenvalue weighted by Crippen LogP contribution is -2.18. The van der Waals surface area contributed by atoms with Gasteiger partial charge in [0.05, 0.1) is 7.11 Å². The van der Waals surface area contributed by atoms with E-state index >= 15 is 0 Å². The SMILES string of the molecule is CCCCCN(C)CC.CCO.COC(=O)CCC(C)CCO. The Morgan fingerprint density at radius 1 is 1.13 bits per heavy atom. The molecule has 5 heteroatoms. The maximum Gasteiger partial charge on any atom is 0.305 e. The standard InChI is InChI=1S/C8H19N.C8H16O3.C2H6O/c1-4-6-7-8-9(3)5-2;1-7(5-6-9)3-4-8(10)11-2;1-2-3/h4-8H2,1-3H3;7,9H,3-6H2,1-2H3;3H,2H2,1H3. The summed E-state index contributed by atoms with van der Waals surface area (Å²) < 4.78 is 4.48. The Balaban J connectivity index is -0.000000301. The van der Waals surface area contributed by atoms with E-state index in [4.69, 9.17) is 10.2 Å². The number of esters is 1. The van der Waals surface area contributed by atoms with E-state index < -0.39 is 0 Å². The minimum atomic E-state index is -0.171. The molecule has 23 heavy (non-hydrogen) atoms. The van der Waals surface area contributed by atoms with Gasteiger partial charge < -0.3 is 19.8 Å². The minimum absolute atomic E-state index is 0.171. The van der Waals surface area contributed by atoms with Crippen molar-refractivity contribution < 1.29 is 19.7 Å². The zero-order valence-electron chi connectivity index (χ0n) is 16.3. The van der Waals surface area contributed by atoms with Gasteiger partial charge in [-0.05, 0) is 52.2 Å². The molecular formula is C18H41NO4. The Morgan fingerprint density at radius 2 is 1.70 bits per heavy atom. The zero-order valence-corrected chi connectivity index (χ0v) is 16.3. The van der Waals surface area contributed by atoms with E-state index in [2.05, 4.69) is 30.5 Å². The van der Waals surface area contributed by atoms with Gasteiger partial charge in [0.2, 0.25) is 0 Å². The van der Waals surface area contributed by atoms with Crippen molar-refractivity contribution in [3.05, 3.63) is 0 Å². The van der Waals surface area contributed by atoms with E-state index in [0.29, 0.717) is 12.3 Å². The molecule has 142 valence electrons. The zero-order chi connectivity index (χ0) is 18.5. The number of methoxy groups -OCH3 is 1. The first-order valence-corrected chi connectivity index (χ1v) is 8.90. The Morgan fingerprint density at radius 3 is 2.09 bits per heavy atom. The molecule has 0 aromatic carbocycles.